The molecule has 0 bridgehead atoms. The van der Waals surface area contributed by atoms with Gasteiger partial charge < -0.3 is 13.3 Å². The van der Waals surface area contributed by atoms with Crippen LogP contribution in [0.1, 0.15) is 0 Å². The summed E-state index contributed by atoms with van der Waals surface area (Å²) in [4.78, 5) is 0. The second-order valence-corrected chi connectivity index (χ2v) is 13.4. The van der Waals surface area contributed by atoms with E-state index >= 15 is 0 Å². The van der Waals surface area contributed by atoms with Gasteiger partial charge in [0, 0.05) is 36.0 Å². The van der Waals surface area contributed by atoms with Crippen molar-refractivity contribution in [3.05, 3.63) is 0 Å². The van der Waals surface area contributed by atoms with E-state index in [1.807, 2.05) is 6.55 Å². The van der Waals surface area contributed by atoms with Crippen LogP contribution in [0.15, 0.2) is 0 Å². The fourth-order valence-corrected chi connectivity index (χ4v) is 0.750. The molecular weight excluding hydrogens is 200 g/mol. The lowest BCUT2D eigenvalue weighted by molar-refractivity contribution is 0.132. The van der Waals surface area contributed by atoms with Crippen LogP contribution in [-0.4, -0.2) is 38.2 Å². The van der Waals surface area contributed by atoms with Crippen molar-refractivity contribution in [3.63, 3.8) is 0 Å². The fourth-order valence-electron chi connectivity index (χ4n) is 0.250. The van der Waals surface area contributed by atoms with Crippen LogP contribution in [0.4, 0.5) is 0 Å². The minimum absolute atomic E-state index is 0.611. The Bertz CT molecular complexity index is 105. The zero-order valence-electron chi connectivity index (χ0n) is 10.2. The van der Waals surface area contributed by atoms with E-state index in [0.717, 1.165) is 0 Å². The summed E-state index contributed by atoms with van der Waals surface area (Å²) in [5, 5.41) is 0. The monoisotopic (exact) mass is 224 g/mol. The molecule has 0 heterocycles. The Morgan fingerprint density at radius 1 is 0.615 bits per heavy atom. The minimum atomic E-state index is -2.17. The molecule has 0 unspecified atom stereocenters. The molecule has 0 saturated carbocycles. The van der Waals surface area contributed by atoms with E-state index in [0.29, 0.717) is 0 Å². The third kappa shape index (κ3) is 15.1. The molecule has 0 fully saturated rings. The van der Waals surface area contributed by atoms with E-state index in [-0.39, 0.29) is 0 Å². The number of hydrogen-bond acceptors (Lipinski definition) is 3. The van der Waals surface area contributed by atoms with Crippen LogP contribution in [0.5, 0.6) is 0 Å². The molecule has 0 aromatic rings. The molecule has 0 radical (unpaired) electrons. The van der Waals surface area contributed by atoms with Crippen molar-refractivity contribution in [2.45, 2.75) is 32.7 Å². The summed E-state index contributed by atoms with van der Waals surface area (Å²) >= 11 is 0. The van der Waals surface area contributed by atoms with Gasteiger partial charge in [0.1, 0.15) is 0 Å². The van der Waals surface area contributed by atoms with Crippen molar-refractivity contribution in [1.29, 1.82) is 0 Å². The quantitative estimate of drug-likeness (QED) is 0.689. The van der Waals surface area contributed by atoms with E-state index in [1.54, 1.807) is 21.3 Å². The van der Waals surface area contributed by atoms with E-state index < -0.39 is 16.9 Å². The Morgan fingerprint density at radius 2 is 0.769 bits per heavy atom. The van der Waals surface area contributed by atoms with Gasteiger partial charge in [0.05, 0.1) is 0 Å². The molecular formula is C8H24O3Si2. The van der Waals surface area contributed by atoms with Crippen LogP contribution in [-0.2, 0) is 13.3 Å². The van der Waals surface area contributed by atoms with Gasteiger partial charge in [-0.15, -0.1) is 0 Å². The lowest BCUT2D eigenvalue weighted by Gasteiger charge is -2.18. The Labute approximate surface area is 84.8 Å². The molecule has 5 heteroatoms. The molecule has 82 valence electrons. The first-order valence-electron chi connectivity index (χ1n) is 4.34. The molecule has 0 aromatic heterocycles. The predicted octanol–water partition coefficient (Wildman–Crippen LogP) is 2.45. The van der Waals surface area contributed by atoms with Gasteiger partial charge >= 0.3 is 8.80 Å². The van der Waals surface area contributed by atoms with E-state index in [2.05, 4.69) is 26.2 Å². The minimum Gasteiger partial charge on any atom is -0.377 e. The average Bonchev–Trinajstić information content (AvgIpc) is 2.00. The standard InChI is InChI=1S/C4H12O3Si.C4H12Si/c1-5-8(4,6-2)7-3;1-5(2,3)4/h1-4H3;1-4H3. The second kappa shape index (κ2) is 6.72. The SMILES string of the molecule is CO[Si](C)(OC)OC.C[Si](C)(C)C. The Hall–Kier alpha value is 0.314. The molecule has 0 aliphatic rings. The van der Waals surface area contributed by atoms with Gasteiger partial charge in [-0.1, -0.05) is 26.2 Å². The molecule has 0 spiro atoms. The van der Waals surface area contributed by atoms with Gasteiger partial charge in [-0.05, 0) is 0 Å². The highest BCUT2D eigenvalue weighted by atomic mass is 28.4. The Kier molecular flexibility index (Phi) is 8.15. The maximum Gasteiger partial charge on any atom is 0.496 e. The highest BCUT2D eigenvalue weighted by molar-refractivity contribution is 6.74. The van der Waals surface area contributed by atoms with Gasteiger partial charge in [-0.25, -0.2) is 0 Å². The predicted molar refractivity (Wildman–Crippen MR) is 61.9 cm³/mol. The normalized spacial score (nSPS) is 12.0. The first-order valence-corrected chi connectivity index (χ1v) is 10.6. The molecule has 0 aromatic carbocycles. The van der Waals surface area contributed by atoms with Gasteiger partial charge in [-0.3, -0.25) is 0 Å². The molecule has 0 N–H and O–H groups in total. The highest BCUT2D eigenvalue weighted by Crippen LogP contribution is 2.02. The average molecular weight is 224 g/mol. The summed E-state index contributed by atoms with van der Waals surface area (Å²) in [6.07, 6.45) is 0. The van der Waals surface area contributed by atoms with E-state index in [4.69, 9.17) is 13.3 Å². The molecule has 0 saturated heterocycles. The summed E-state index contributed by atoms with van der Waals surface area (Å²) in [5.74, 6) is 0. The lowest BCUT2D eigenvalue weighted by Crippen LogP contribution is -2.38. The summed E-state index contributed by atoms with van der Waals surface area (Å²) in [6.45, 7) is 11.1. The van der Waals surface area contributed by atoms with Crippen LogP contribution >= 0.6 is 0 Å². The molecule has 0 aliphatic carbocycles. The molecule has 0 atom stereocenters. The van der Waals surface area contributed by atoms with Gasteiger partial charge in [0.25, 0.3) is 0 Å². The van der Waals surface area contributed by atoms with Crippen molar-refractivity contribution in [2.75, 3.05) is 21.3 Å². The Balaban J connectivity index is 0. The van der Waals surface area contributed by atoms with Crippen molar-refractivity contribution >= 4 is 16.9 Å². The van der Waals surface area contributed by atoms with E-state index in [1.165, 1.54) is 0 Å². The highest BCUT2D eigenvalue weighted by Gasteiger charge is 2.29. The molecule has 0 rings (SSSR count). The lowest BCUT2D eigenvalue weighted by atomic mass is 11.8. The number of hydrogen-bond donors (Lipinski definition) is 0. The van der Waals surface area contributed by atoms with E-state index in [9.17, 15) is 0 Å². The summed E-state index contributed by atoms with van der Waals surface area (Å²) in [5.41, 5.74) is 0. The third-order valence-corrected chi connectivity index (χ3v) is 3.34. The van der Waals surface area contributed by atoms with Crippen LogP contribution in [0.2, 0.25) is 32.7 Å². The smallest absolute Gasteiger partial charge is 0.377 e. The number of rotatable bonds is 3. The fraction of sp³-hybridized carbons (Fsp3) is 1.00. The summed E-state index contributed by atoms with van der Waals surface area (Å²) in [7, 11) is 1.97. The van der Waals surface area contributed by atoms with Crippen LogP contribution in [0.25, 0.3) is 0 Å². The van der Waals surface area contributed by atoms with Gasteiger partial charge in [0.2, 0.25) is 0 Å². The van der Waals surface area contributed by atoms with Crippen LogP contribution < -0.4 is 0 Å². The van der Waals surface area contributed by atoms with Crippen molar-refractivity contribution in [1.82, 2.24) is 0 Å². The zero-order valence-corrected chi connectivity index (χ0v) is 12.2. The zero-order chi connectivity index (χ0) is 11.1. The van der Waals surface area contributed by atoms with Crippen molar-refractivity contribution in [3.8, 4) is 0 Å². The summed E-state index contributed by atoms with van der Waals surface area (Å²) in [6, 6.07) is 0. The molecule has 0 aliphatic heterocycles. The maximum atomic E-state index is 4.93. The van der Waals surface area contributed by atoms with Crippen LogP contribution in [0.3, 0.4) is 0 Å². The topological polar surface area (TPSA) is 27.7 Å². The summed E-state index contributed by atoms with van der Waals surface area (Å²) < 4.78 is 14.8. The molecule has 3 nitrogen and oxygen atoms in total. The maximum absolute atomic E-state index is 4.93. The molecule has 13 heavy (non-hydrogen) atoms. The third-order valence-electron chi connectivity index (χ3n) is 1.11. The van der Waals surface area contributed by atoms with Crippen molar-refractivity contribution < 1.29 is 13.3 Å². The van der Waals surface area contributed by atoms with Crippen LogP contribution in [0, 0.1) is 0 Å². The first kappa shape index (κ1) is 15.8. The van der Waals surface area contributed by atoms with Gasteiger partial charge in [0.15, 0.2) is 0 Å². The molecule has 0 amide bonds. The van der Waals surface area contributed by atoms with Gasteiger partial charge in [-0.2, -0.15) is 0 Å². The van der Waals surface area contributed by atoms with Crippen molar-refractivity contribution in [2.24, 2.45) is 0 Å². The first-order chi connectivity index (χ1) is 5.68. The second-order valence-electron chi connectivity index (χ2n) is 4.47. The Morgan fingerprint density at radius 3 is 0.769 bits per heavy atom. The largest absolute Gasteiger partial charge is 0.496 e.